The summed E-state index contributed by atoms with van der Waals surface area (Å²) in [7, 11) is -1.04. The van der Waals surface area contributed by atoms with E-state index in [4.69, 9.17) is 4.74 Å². The molecule has 0 aromatic heterocycles. The number of hydrogen-bond acceptors (Lipinski definition) is 4. The minimum absolute atomic E-state index is 0.134. The Hall–Kier alpha value is -0.130. The molecule has 0 bridgehead atoms. The van der Waals surface area contributed by atoms with Gasteiger partial charge in [0.25, 0.3) is 0 Å². The summed E-state index contributed by atoms with van der Waals surface area (Å²) in [6.07, 6.45) is 1.86. The lowest BCUT2D eigenvalue weighted by molar-refractivity contribution is 0.124. The number of nitrogens with one attached hydrogen (secondary N) is 1. The minimum atomic E-state index is -2.85. The van der Waals surface area contributed by atoms with Crippen molar-refractivity contribution >= 4 is 9.84 Å². The molecule has 0 aliphatic carbocycles. The summed E-state index contributed by atoms with van der Waals surface area (Å²) < 4.78 is 26.9. The molecular weight excluding hydrogens is 190 g/mol. The van der Waals surface area contributed by atoms with Crippen molar-refractivity contribution in [1.82, 2.24) is 5.32 Å². The number of rotatable bonds is 7. The minimum Gasteiger partial charge on any atom is -0.380 e. The normalized spacial score (nSPS) is 14.4. The summed E-state index contributed by atoms with van der Waals surface area (Å²) >= 11 is 0. The molecular formula is C8H19NO3S. The number of ether oxygens (including phenoxy) is 1. The molecule has 1 unspecified atom stereocenters. The van der Waals surface area contributed by atoms with Gasteiger partial charge in [0.05, 0.1) is 12.4 Å². The number of sulfone groups is 1. The molecule has 1 N–H and O–H groups in total. The molecule has 0 aliphatic heterocycles. The van der Waals surface area contributed by atoms with Gasteiger partial charge in [-0.1, -0.05) is 0 Å². The quantitative estimate of drug-likeness (QED) is 0.643. The van der Waals surface area contributed by atoms with Crippen LogP contribution in [0.25, 0.3) is 0 Å². The zero-order chi connectivity index (χ0) is 10.3. The van der Waals surface area contributed by atoms with Crippen molar-refractivity contribution < 1.29 is 13.2 Å². The van der Waals surface area contributed by atoms with Crippen LogP contribution >= 0.6 is 0 Å². The van der Waals surface area contributed by atoms with Crippen molar-refractivity contribution in [3.05, 3.63) is 0 Å². The highest BCUT2D eigenvalue weighted by Gasteiger charge is 2.09. The first-order valence-electron chi connectivity index (χ1n) is 4.42. The van der Waals surface area contributed by atoms with Crippen molar-refractivity contribution in [3.63, 3.8) is 0 Å². The van der Waals surface area contributed by atoms with E-state index < -0.39 is 9.84 Å². The fourth-order valence-corrected chi connectivity index (χ4v) is 1.64. The third kappa shape index (κ3) is 8.21. The Morgan fingerprint density at radius 2 is 2.08 bits per heavy atom. The van der Waals surface area contributed by atoms with Crippen LogP contribution in [0.2, 0.25) is 0 Å². The average Bonchev–Trinajstić information content (AvgIpc) is 2.03. The summed E-state index contributed by atoms with van der Waals surface area (Å²) in [5, 5.41) is 3.02. The number of likely N-dealkylation sites (N-methyl/N-ethyl adjacent to an activating group) is 1. The maximum atomic E-state index is 10.9. The summed E-state index contributed by atoms with van der Waals surface area (Å²) in [6.45, 7) is 3.16. The van der Waals surface area contributed by atoms with Crippen LogP contribution in [0.3, 0.4) is 0 Å². The van der Waals surface area contributed by atoms with E-state index in [2.05, 4.69) is 5.32 Å². The van der Waals surface area contributed by atoms with Gasteiger partial charge in [0.15, 0.2) is 0 Å². The standard InChI is InChI=1S/C8H19NO3S/c1-4-12-7-8(9-2)5-6-13(3,10)11/h8-9H,4-7H2,1-3H3. The maximum Gasteiger partial charge on any atom is 0.147 e. The molecule has 0 saturated carbocycles. The van der Waals surface area contributed by atoms with Gasteiger partial charge in [0.1, 0.15) is 9.84 Å². The van der Waals surface area contributed by atoms with Crippen LogP contribution < -0.4 is 5.32 Å². The Balaban J connectivity index is 3.72. The monoisotopic (exact) mass is 209 g/mol. The van der Waals surface area contributed by atoms with E-state index in [1.807, 2.05) is 14.0 Å². The van der Waals surface area contributed by atoms with Crippen molar-refractivity contribution in [2.24, 2.45) is 0 Å². The Labute approximate surface area is 80.6 Å². The summed E-state index contributed by atoms with van der Waals surface area (Å²) in [5.74, 6) is 0.214. The Morgan fingerprint density at radius 3 is 2.46 bits per heavy atom. The van der Waals surface area contributed by atoms with Gasteiger partial charge < -0.3 is 10.1 Å². The van der Waals surface area contributed by atoms with Crippen LogP contribution in [0.4, 0.5) is 0 Å². The SMILES string of the molecule is CCOCC(CCS(C)(=O)=O)NC. The molecule has 13 heavy (non-hydrogen) atoms. The Bertz CT molecular complexity index is 213. The smallest absolute Gasteiger partial charge is 0.147 e. The lowest BCUT2D eigenvalue weighted by Crippen LogP contribution is -2.32. The molecule has 1 atom stereocenters. The van der Waals surface area contributed by atoms with Crippen LogP contribution in [-0.2, 0) is 14.6 Å². The van der Waals surface area contributed by atoms with Crippen molar-refractivity contribution in [1.29, 1.82) is 0 Å². The average molecular weight is 209 g/mol. The summed E-state index contributed by atoms with van der Waals surface area (Å²) in [5.41, 5.74) is 0. The first-order valence-corrected chi connectivity index (χ1v) is 6.48. The third-order valence-electron chi connectivity index (χ3n) is 1.77. The molecule has 4 nitrogen and oxygen atoms in total. The second kappa shape index (κ2) is 6.34. The molecule has 0 radical (unpaired) electrons. The van der Waals surface area contributed by atoms with Gasteiger partial charge in [-0.2, -0.15) is 0 Å². The van der Waals surface area contributed by atoms with Gasteiger partial charge in [0, 0.05) is 18.9 Å². The van der Waals surface area contributed by atoms with Crippen LogP contribution in [0, 0.1) is 0 Å². The van der Waals surface area contributed by atoms with E-state index in [1.54, 1.807) is 0 Å². The number of hydrogen-bond donors (Lipinski definition) is 1. The maximum absolute atomic E-state index is 10.9. The molecule has 0 saturated heterocycles. The zero-order valence-electron chi connectivity index (χ0n) is 8.54. The molecule has 80 valence electrons. The third-order valence-corrected chi connectivity index (χ3v) is 2.75. The largest absolute Gasteiger partial charge is 0.380 e. The predicted octanol–water partition coefficient (Wildman–Crippen LogP) is 0.0456. The van der Waals surface area contributed by atoms with E-state index in [0.717, 1.165) is 0 Å². The van der Waals surface area contributed by atoms with Crippen molar-refractivity contribution in [2.75, 3.05) is 32.3 Å². The van der Waals surface area contributed by atoms with Gasteiger partial charge in [-0.15, -0.1) is 0 Å². The first-order chi connectivity index (χ1) is 5.99. The summed E-state index contributed by atoms with van der Waals surface area (Å²) in [4.78, 5) is 0. The van der Waals surface area contributed by atoms with E-state index >= 15 is 0 Å². The molecule has 0 aromatic rings. The molecule has 0 aliphatic rings. The van der Waals surface area contributed by atoms with Crippen LogP contribution in [0.5, 0.6) is 0 Å². The predicted molar refractivity (Wildman–Crippen MR) is 53.7 cm³/mol. The highest BCUT2D eigenvalue weighted by molar-refractivity contribution is 7.90. The van der Waals surface area contributed by atoms with Gasteiger partial charge in [0.2, 0.25) is 0 Å². The zero-order valence-corrected chi connectivity index (χ0v) is 9.36. The van der Waals surface area contributed by atoms with E-state index in [9.17, 15) is 8.42 Å². The lowest BCUT2D eigenvalue weighted by Gasteiger charge is -2.14. The second-order valence-corrected chi connectivity index (χ2v) is 5.32. The lowest BCUT2D eigenvalue weighted by atomic mass is 10.2. The fourth-order valence-electron chi connectivity index (χ4n) is 0.927. The van der Waals surface area contributed by atoms with Crippen LogP contribution in [-0.4, -0.2) is 46.7 Å². The molecule has 0 aromatic carbocycles. The fraction of sp³-hybridized carbons (Fsp3) is 1.00. The van der Waals surface area contributed by atoms with E-state index in [1.165, 1.54) is 6.26 Å². The van der Waals surface area contributed by atoms with Gasteiger partial charge in [-0.05, 0) is 20.4 Å². The second-order valence-electron chi connectivity index (χ2n) is 3.06. The molecule has 0 spiro atoms. The molecule has 0 heterocycles. The summed E-state index contributed by atoms with van der Waals surface area (Å²) in [6, 6.07) is 0.134. The topological polar surface area (TPSA) is 55.4 Å². The molecule has 0 amide bonds. The Kier molecular flexibility index (Phi) is 6.28. The van der Waals surface area contributed by atoms with Crippen molar-refractivity contribution in [3.8, 4) is 0 Å². The van der Waals surface area contributed by atoms with Crippen LogP contribution in [0.15, 0.2) is 0 Å². The van der Waals surface area contributed by atoms with Gasteiger partial charge in [-0.3, -0.25) is 0 Å². The molecule has 0 fully saturated rings. The molecule has 0 rings (SSSR count). The van der Waals surface area contributed by atoms with Crippen LogP contribution in [0.1, 0.15) is 13.3 Å². The highest BCUT2D eigenvalue weighted by Crippen LogP contribution is 1.96. The highest BCUT2D eigenvalue weighted by atomic mass is 32.2. The van der Waals surface area contributed by atoms with Gasteiger partial charge >= 0.3 is 0 Å². The van der Waals surface area contributed by atoms with E-state index in [0.29, 0.717) is 19.6 Å². The first kappa shape index (κ1) is 12.9. The van der Waals surface area contributed by atoms with Gasteiger partial charge in [-0.25, -0.2) is 8.42 Å². The molecule has 5 heteroatoms. The van der Waals surface area contributed by atoms with E-state index in [-0.39, 0.29) is 11.8 Å². The van der Waals surface area contributed by atoms with Crippen molar-refractivity contribution in [2.45, 2.75) is 19.4 Å². The Morgan fingerprint density at radius 1 is 1.46 bits per heavy atom.